The van der Waals surface area contributed by atoms with Crippen LogP contribution in [0, 0.1) is 12.7 Å². The summed E-state index contributed by atoms with van der Waals surface area (Å²) in [5.74, 6) is 0.616. The van der Waals surface area contributed by atoms with Crippen molar-refractivity contribution in [1.29, 1.82) is 0 Å². The molecule has 0 amide bonds. The first-order valence-corrected chi connectivity index (χ1v) is 11.7. The highest BCUT2D eigenvalue weighted by molar-refractivity contribution is 7.12. The van der Waals surface area contributed by atoms with Crippen LogP contribution in [0.4, 0.5) is 10.3 Å². The maximum absolute atomic E-state index is 13.2. The van der Waals surface area contributed by atoms with Gasteiger partial charge < -0.3 is 10.0 Å². The van der Waals surface area contributed by atoms with E-state index in [9.17, 15) is 14.3 Å². The molecule has 0 unspecified atom stereocenters. The van der Waals surface area contributed by atoms with Gasteiger partial charge >= 0.3 is 5.69 Å². The molecule has 0 fully saturated rings. The number of fused-ring (bicyclic) bond motifs is 1. The first-order valence-electron chi connectivity index (χ1n) is 10.9. The zero-order valence-electron chi connectivity index (χ0n) is 17.9. The van der Waals surface area contributed by atoms with E-state index in [-0.39, 0.29) is 18.1 Å². The Morgan fingerprint density at radius 2 is 1.97 bits per heavy atom. The molecule has 0 saturated heterocycles. The molecule has 6 nitrogen and oxygen atoms in total. The van der Waals surface area contributed by atoms with Gasteiger partial charge in [-0.25, -0.2) is 9.18 Å². The number of halogens is 1. The second kappa shape index (κ2) is 8.60. The summed E-state index contributed by atoms with van der Waals surface area (Å²) in [6.07, 6.45) is 5.83. The molecule has 0 radical (unpaired) electrons. The summed E-state index contributed by atoms with van der Waals surface area (Å²) >= 11 is 1.79. The lowest BCUT2D eigenvalue weighted by atomic mass is 9.97. The molecule has 32 heavy (non-hydrogen) atoms. The number of nitrogens with zero attached hydrogens (tertiary/aromatic N) is 4. The van der Waals surface area contributed by atoms with Crippen molar-refractivity contribution in [3.8, 4) is 0 Å². The van der Waals surface area contributed by atoms with Gasteiger partial charge in [0, 0.05) is 16.3 Å². The van der Waals surface area contributed by atoms with Gasteiger partial charge in [-0.1, -0.05) is 18.2 Å². The quantitative estimate of drug-likeness (QED) is 0.658. The lowest BCUT2D eigenvalue weighted by Crippen LogP contribution is -2.40. The minimum atomic E-state index is -0.780. The Labute approximate surface area is 189 Å². The number of aryl methyl sites for hydroxylation is 3. The highest BCUT2D eigenvalue weighted by atomic mass is 32.1. The number of β-amino-alcohol motifs (C(OH)–C–C–N with tert-alkyl or cyclic N) is 1. The normalized spacial score (nSPS) is 18.4. The van der Waals surface area contributed by atoms with Crippen LogP contribution in [0.25, 0.3) is 5.57 Å². The van der Waals surface area contributed by atoms with Gasteiger partial charge in [-0.2, -0.15) is 9.97 Å². The van der Waals surface area contributed by atoms with Crippen molar-refractivity contribution in [3.05, 3.63) is 79.4 Å². The van der Waals surface area contributed by atoms with E-state index in [1.54, 1.807) is 32.9 Å². The highest BCUT2D eigenvalue weighted by Gasteiger charge is 2.24. The van der Waals surface area contributed by atoms with Crippen LogP contribution >= 0.6 is 11.3 Å². The molecule has 3 aromatic rings. The second-order valence-electron chi connectivity index (χ2n) is 8.39. The molecule has 1 N–H and O–H groups in total. The van der Waals surface area contributed by atoms with Crippen LogP contribution in [0.3, 0.4) is 0 Å². The monoisotopic (exact) mass is 452 g/mol. The van der Waals surface area contributed by atoms with E-state index in [0.717, 1.165) is 24.0 Å². The molecule has 166 valence electrons. The van der Waals surface area contributed by atoms with Crippen LogP contribution in [0.5, 0.6) is 0 Å². The van der Waals surface area contributed by atoms with Crippen molar-refractivity contribution in [2.45, 2.75) is 45.3 Å². The Morgan fingerprint density at radius 3 is 2.69 bits per heavy atom. The van der Waals surface area contributed by atoms with Crippen molar-refractivity contribution in [2.24, 2.45) is 0 Å². The maximum Gasteiger partial charge on any atom is 0.352 e. The van der Waals surface area contributed by atoms with Crippen molar-refractivity contribution >= 4 is 22.9 Å². The topological polar surface area (TPSA) is 71.2 Å². The Morgan fingerprint density at radius 1 is 1.19 bits per heavy atom. The molecule has 1 aromatic carbocycles. The minimum absolute atomic E-state index is 0.268. The van der Waals surface area contributed by atoms with Crippen molar-refractivity contribution in [2.75, 3.05) is 18.0 Å². The number of hydrogen-bond donors (Lipinski definition) is 1. The van der Waals surface area contributed by atoms with Gasteiger partial charge in [0.15, 0.2) is 0 Å². The summed E-state index contributed by atoms with van der Waals surface area (Å²) in [5.41, 5.74) is 2.62. The lowest BCUT2D eigenvalue weighted by Gasteiger charge is -2.30. The van der Waals surface area contributed by atoms with Crippen molar-refractivity contribution in [1.82, 2.24) is 14.5 Å². The number of aromatic nitrogens is 3. The Kier molecular flexibility index (Phi) is 5.65. The molecule has 1 aliphatic carbocycles. The average Bonchev–Trinajstić information content (AvgIpc) is 3.19. The summed E-state index contributed by atoms with van der Waals surface area (Å²) in [6.45, 7) is 3.04. The first kappa shape index (κ1) is 21.0. The molecule has 2 aliphatic rings. The number of hydrogen-bond acceptors (Lipinski definition) is 6. The summed E-state index contributed by atoms with van der Waals surface area (Å²) in [7, 11) is 0. The number of benzene rings is 1. The fourth-order valence-corrected chi connectivity index (χ4v) is 5.72. The van der Waals surface area contributed by atoms with Gasteiger partial charge in [0.25, 0.3) is 0 Å². The first-order chi connectivity index (χ1) is 15.5. The highest BCUT2D eigenvalue weighted by Crippen LogP contribution is 2.30. The molecule has 3 heterocycles. The van der Waals surface area contributed by atoms with E-state index < -0.39 is 6.10 Å². The van der Waals surface area contributed by atoms with Gasteiger partial charge in [-0.15, -0.1) is 11.3 Å². The Balaban J connectivity index is 1.36. The Hall–Kier alpha value is -2.84. The number of aliphatic hydroxyl groups excluding tert-OH is 1. The van der Waals surface area contributed by atoms with Crippen LogP contribution in [0.15, 0.2) is 41.2 Å². The van der Waals surface area contributed by atoms with E-state index >= 15 is 0 Å². The molecular weight excluding hydrogens is 427 g/mol. The van der Waals surface area contributed by atoms with Crippen molar-refractivity contribution in [3.63, 3.8) is 0 Å². The fraction of sp³-hybridized carbons (Fsp3) is 0.375. The summed E-state index contributed by atoms with van der Waals surface area (Å²) in [6, 6.07) is 8.30. The molecular formula is C24H25FN4O2S. The third-order valence-electron chi connectivity index (χ3n) is 6.18. The van der Waals surface area contributed by atoms with E-state index in [2.05, 4.69) is 16.0 Å². The summed E-state index contributed by atoms with van der Waals surface area (Å²) in [4.78, 5) is 26.0. The lowest BCUT2D eigenvalue weighted by molar-refractivity contribution is 0.233. The molecule has 0 saturated carbocycles. The van der Waals surface area contributed by atoms with Gasteiger partial charge in [-0.05, 0) is 67.5 Å². The van der Waals surface area contributed by atoms with Crippen molar-refractivity contribution < 1.29 is 9.50 Å². The zero-order valence-corrected chi connectivity index (χ0v) is 18.7. The van der Waals surface area contributed by atoms with Gasteiger partial charge in [0.1, 0.15) is 11.6 Å². The fourth-order valence-electron chi connectivity index (χ4n) is 4.47. The molecule has 0 bridgehead atoms. The van der Waals surface area contributed by atoms with E-state index in [4.69, 9.17) is 0 Å². The number of anilines is 1. The van der Waals surface area contributed by atoms with Crippen LogP contribution in [-0.4, -0.2) is 38.8 Å². The van der Waals surface area contributed by atoms with Gasteiger partial charge in [-0.3, -0.25) is 4.57 Å². The summed E-state index contributed by atoms with van der Waals surface area (Å²) in [5, 5.41) is 10.7. The molecule has 8 heteroatoms. The number of rotatable bonds is 4. The molecule has 5 rings (SSSR count). The third kappa shape index (κ3) is 4.12. The van der Waals surface area contributed by atoms with E-state index in [1.165, 1.54) is 40.3 Å². The number of thiophene rings is 1. The van der Waals surface area contributed by atoms with E-state index in [1.807, 2.05) is 13.0 Å². The van der Waals surface area contributed by atoms with Crippen LogP contribution in [0.2, 0.25) is 0 Å². The van der Waals surface area contributed by atoms with Crippen LogP contribution < -0.4 is 10.6 Å². The van der Waals surface area contributed by atoms with Gasteiger partial charge in [0.05, 0.1) is 19.2 Å². The largest absolute Gasteiger partial charge is 0.387 e. The predicted octanol–water partition coefficient (Wildman–Crippen LogP) is 3.34. The van der Waals surface area contributed by atoms with E-state index in [0.29, 0.717) is 24.9 Å². The molecule has 1 atom stereocenters. The number of aliphatic hydroxyl groups is 1. The predicted molar refractivity (Wildman–Crippen MR) is 124 cm³/mol. The third-order valence-corrected chi connectivity index (χ3v) is 7.41. The van der Waals surface area contributed by atoms with Crippen LogP contribution in [0.1, 0.15) is 39.5 Å². The SMILES string of the molecule is Cc1nc(N2CC=C(c3ccc(F)cc3)[C@@H](O)C2)nc(=O)n1Cc1cc2c(s1)CCCC2. The Bertz CT molecular complexity index is 1210. The van der Waals surface area contributed by atoms with Gasteiger partial charge in [0.2, 0.25) is 5.95 Å². The smallest absolute Gasteiger partial charge is 0.352 e. The summed E-state index contributed by atoms with van der Waals surface area (Å²) < 4.78 is 14.8. The standard InChI is InChI=1S/C24H25FN4O2S/c1-15-26-23(28-11-10-20(21(30)14-28)16-6-8-18(25)9-7-16)27-24(31)29(15)13-19-12-17-4-2-3-5-22(17)32-19/h6-10,12,21,30H,2-5,11,13-14H2,1H3/t21-/m0/s1. The zero-order chi connectivity index (χ0) is 22.2. The molecule has 1 aliphatic heterocycles. The molecule has 2 aromatic heterocycles. The minimum Gasteiger partial charge on any atom is -0.387 e. The maximum atomic E-state index is 13.2. The average molecular weight is 453 g/mol. The molecule has 0 spiro atoms. The van der Waals surface area contributed by atoms with Crippen LogP contribution in [-0.2, 0) is 19.4 Å². The second-order valence-corrected chi connectivity index (χ2v) is 9.62.